The Morgan fingerprint density at radius 3 is 2.79 bits per heavy atom. The Hall–Kier alpha value is -2.67. The molecule has 3 N–H and O–H groups in total. The number of aromatic hydroxyl groups is 1. The molecule has 1 aliphatic heterocycles. The molecule has 7 heteroatoms. The first-order chi connectivity index (χ1) is 11.4. The molecule has 1 aliphatic rings. The number of carbonyl (C=O) groups is 1. The van der Waals surface area contributed by atoms with Gasteiger partial charge in [-0.1, -0.05) is 6.92 Å². The van der Waals surface area contributed by atoms with Crippen molar-refractivity contribution in [1.29, 1.82) is 0 Å². The number of halogens is 1. The van der Waals surface area contributed by atoms with Crippen LogP contribution >= 0.6 is 0 Å². The van der Waals surface area contributed by atoms with Crippen LogP contribution in [0.3, 0.4) is 0 Å². The third kappa shape index (κ3) is 2.67. The molecule has 0 spiro atoms. The number of hydrogen-bond donors (Lipinski definition) is 3. The first-order valence-electron chi connectivity index (χ1n) is 7.58. The molecule has 3 rings (SSSR count). The Labute approximate surface area is 138 Å². The Morgan fingerprint density at radius 1 is 1.38 bits per heavy atom. The number of aromatic nitrogens is 1. The smallest absolute Gasteiger partial charge is 0.234 e. The lowest BCUT2D eigenvalue weighted by molar-refractivity contribution is -0.119. The van der Waals surface area contributed by atoms with Gasteiger partial charge in [-0.25, -0.2) is 9.37 Å². The van der Waals surface area contributed by atoms with Crippen LogP contribution in [-0.4, -0.2) is 27.3 Å². The average molecular weight is 331 g/mol. The van der Waals surface area contributed by atoms with Crippen molar-refractivity contribution < 1.29 is 19.4 Å². The highest BCUT2D eigenvalue weighted by molar-refractivity contribution is 5.93. The van der Waals surface area contributed by atoms with Crippen LogP contribution in [0.25, 0.3) is 0 Å². The molecule has 2 heterocycles. The number of benzene rings is 1. The van der Waals surface area contributed by atoms with Gasteiger partial charge in [0.1, 0.15) is 12.0 Å². The fourth-order valence-corrected chi connectivity index (χ4v) is 3.07. The number of aliphatic hydroxyl groups is 1. The van der Waals surface area contributed by atoms with Crippen molar-refractivity contribution in [3.8, 4) is 5.88 Å². The van der Waals surface area contributed by atoms with Gasteiger partial charge in [-0.2, -0.15) is 0 Å². The lowest BCUT2D eigenvalue weighted by Crippen LogP contribution is -2.50. The molecule has 0 aliphatic carbocycles. The van der Waals surface area contributed by atoms with Crippen molar-refractivity contribution >= 4 is 17.3 Å². The van der Waals surface area contributed by atoms with E-state index in [4.69, 9.17) is 0 Å². The van der Waals surface area contributed by atoms with Gasteiger partial charge >= 0.3 is 0 Å². The summed E-state index contributed by atoms with van der Waals surface area (Å²) in [6, 6.07) is 6.84. The van der Waals surface area contributed by atoms with Crippen molar-refractivity contribution in [3.05, 3.63) is 47.9 Å². The van der Waals surface area contributed by atoms with Gasteiger partial charge in [0.25, 0.3) is 0 Å². The van der Waals surface area contributed by atoms with E-state index in [0.29, 0.717) is 16.9 Å². The zero-order valence-corrected chi connectivity index (χ0v) is 13.3. The highest BCUT2D eigenvalue weighted by atomic mass is 19.1. The lowest BCUT2D eigenvalue weighted by Gasteiger charge is -2.42. The summed E-state index contributed by atoms with van der Waals surface area (Å²) in [5.74, 6) is -1.40. The van der Waals surface area contributed by atoms with E-state index >= 15 is 0 Å². The van der Waals surface area contributed by atoms with E-state index in [1.807, 2.05) is 0 Å². The van der Waals surface area contributed by atoms with Crippen LogP contribution in [0, 0.1) is 11.7 Å². The van der Waals surface area contributed by atoms with Crippen LogP contribution < -0.4 is 10.2 Å². The molecular weight excluding hydrogens is 313 g/mol. The Kier molecular flexibility index (Phi) is 4.11. The molecule has 0 radical (unpaired) electrons. The largest absolute Gasteiger partial charge is 0.492 e. The SMILES string of the molecule is CC(=O)N1c2ccc(F)cc2[C@H](Nc2cccnc2O)[C@@H](C)[C@@H]1O. The Balaban J connectivity index is 2.09. The summed E-state index contributed by atoms with van der Waals surface area (Å²) in [7, 11) is 0. The zero-order chi connectivity index (χ0) is 17.4. The van der Waals surface area contributed by atoms with Crippen LogP contribution in [-0.2, 0) is 4.79 Å². The standard InChI is InChI=1S/C17H18FN3O3/c1-9-15(20-13-4-3-7-19-16(13)23)12-8-11(18)5-6-14(12)21(10(2)22)17(9)24/h3-9,15,17,20,24H,1-2H3,(H,19,23)/t9-,15-,17+/m1/s1. The molecule has 24 heavy (non-hydrogen) atoms. The predicted octanol–water partition coefficient (Wildman–Crippen LogP) is 2.40. The minimum absolute atomic E-state index is 0.189. The number of carbonyl (C=O) groups excluding carboxylic acids is 1. The number of pyridine rings is 1. The molecule has 0 fully saturated rings. The summed E-state index contributed by atoms with van der Waals surface area (Å²) >= 11 is 0. The van der Waals surface area contributed by atoms with Crippen LogP contribution in [0.2, 0.25) is 0 Å². The second-order valence-corrected chi connectivity index (χ2v) is 5.86. The Morgan fingerprint density at radius 2 is 2.12 bits per heavy atom. The normalized spacial score (nSPS) is 22.8. The number of anilines is 2. The zero-order valence-electron chi connectivity index (χ0n) is 13.3. The maximum Gasteiger partial charge on any atom is 0.234 e. The second-order valence-electron chi connectivity index (χ2n) is 5.86. The van der Waals surface area contributed by atoms with Gasteiger partial charge in [0.05, 0.1) is 17.4 Å². The third-order valence-electron chi connectivity index (χ3n) is 4.28. The highest BCUT2D eigenvalue weighted by Gasteiger charge is 2.40. The van der Waals surface area contributed by atoms with Gasteiger partial charge in [-0.05, 0) is 30.3 Å². The van der Waals surface area contributed by atoms with Crippen molar-refractivity contribution in [2.75, 3.05) is 10.2 Å². The molecule has 0 bridgehead atoms. The van der Waals surface area contributed by atoms with E-state index < -0.39 is 24.0 Å². The third-order valence-corrected chi connectivity index (χ3v) is 4.28. The molecule has 1 aromatic heterocycles. The maximum absolute atomic E-state index is 13.8. The fourth-order valence-electron chi connectivity index (χ4n) is 3.07. The molecule has 3 atom stereocenters. The van der Waals surface area contributed by atoms with E-state index in [1.54, 1.807) is 19.1 Å². The number of fused-ring (bicyclic) bond motifs is 1. The molecule has 0 saturated heterocycles. The molecule has 1 amide bonds. The molecule has 126 valence electrons. The van der Waals surface area contributed by atoms with Gasteiger partial charge in [0.15, 0.2) is 0 Å². The molecule has 1 aromatic carbocycles. The predicted molar refractivity (Wildman–Crippen MR) is 87.0 cm³/mol. The van der Waals surface area contributed by atoms with Gasteiger partial charge in [-0.3, -0.25) is 9.69 Å². The van der Waals surface area contributed by atoms with Crippen molar-refractivity contribution in [3.63, 3.8) is 0 Å². The Bertz CT molecular complexity index is 783. The molecule has 6 nitrogen and oxygen atoms in total. The summed E-state index contributed by atoms with van der Waals surface area (Å²) in [5, 5.41) is 23.5. The summed E-state index contributed by atoms with van der Waals surface area (Å²) in [5.41, 5.74) is 1.34. The number of nitrogens with zero attached hydrogens (tertiary/aromatic N) is 2. The summed E-state index contributed by atoms with van der Waals surface area (Å²) in [6.07, 6.45) is 0.377. The monoisotopic (exact) mass is 331 g/mol. The average Bonchev–Trinajstić information content (AvgIpc) is 2.54. The first kappa shape index (κ1) is 16.2. The summed E-state index contributed by atoms with van der Waals surface area (Å²) in [4.78, 5) is 17.0. The van der Waals surface area contributed by atoms with Gasteiger partial charge in [0, 0.05) is 24.6 Å². The van der Waals surface area contributed by atoms with Gasteiger partial charge < -0.3 is 15.5 Å². The fraction of sp³-hybridized carbons (Fsp3) is 0.294. The molecule has 2 aromatic rings. The van der Waals surface area contributed by atoms with Gasteiger partial charge in [0.2, 0.25) is 11.8 Å². The molecular formula is C17H18FN3O3. The van der Waals surface area contributed by atoms with E-state index in [0.717, 1.165) is 0 Å². The number of rotatable bonds is 2. The van der Waals surface area contributed by atoms with E-state index in [-0.39, 0.29) is 11.8 Å². The number of hydrogen-bond acceptors (Lipinski definition) is 5. The van der Waals surface area contributed by atoms with Crippen molar-refractivity contribution in [2.45, 2.75) is 26.1 Å². The van der Waals surface area contributed by atoms with Crippen LogP contribution in [0.5, 0.6) is 5.88 Å². The number of amides is 1. The quantitative estimate of drug-likeness (QED) is 0.787. The maximum atomic E-state index is 13.8. The first-order valence-corrected chi connectivity index (χ1v) is 7.58. The van der Waals surface area contributed by atoms with Gasteiger partial charge in [-0.15, -0.1) is 0 Å². The summed E-state index contributed by atoms with van der Waals surface area (Å²) in [6.45, 7) is 3.10. The van der Waals surface area contributed by atoms with Crippen molar-refractivity contribution in [1.82, 2.24) is 4.98 Å². The molecule has 0 unspecified atom stereocenters. The van der Waals surface area contributed by atoms with Crippen LogP contribution in [0.15, 0.2) is 36.5 Å². The lowest BCUT2D eigenvalue weighted by atomic mass is 9.86. The second kappa shape index (κ2) is 6.09. The summed E-state index contributed by atoms with van der Waals surface area (Å²) < 4.78 is 13.8. The van der Waals surface area contributed by atoms with Crippen LogP contribution in [0.1, 0.15) is 25.5 Å². The van der Waals surface area contributed by atoms with E-state index in [1.165, 1.54) is 36.2 Å². The van der Waals surface area contributed by atoms with Crippen LogP contribution in [0.4, 0.5) is 15.8 Å². The highest BCUT2D eigenvalue weighted by Crippen LogP contribution is 2.42. The minimum atomic E-state index is -1.07. The topological polar surface area (TPSA) is 85.7 Å². The van der Waals surface area contributed by atoms with E-state index in [9.17, 15) is 19.4 Å². The number of nitrogens with one attached hydrogen (secondary N) is 1. The van der Waals surface area contributed by atoms with Crippen molar-refractivity contribution in [2.24, 2.45) is 5.92 Å². The van der Waals surface area contributed by atoms with E-state index in [2.05, 4.69) is 10.3 Å². The minimum Gasteiger partial charge on any atom is -0.492 e. The molecule has 0 saturated carbocycles. The number of aliphatic hydroxyl groups excluding tert-OH is 1.